The smallest absolute Gasteiger partial charge is 0.252 e. The molecular weight excluding hydrogens is 390 g/mol. The highest BCUT2D eigenvalue weighted by atomic mass is 32.2. The van der Waals surface area contributed by atoms with Crippen LogP contribution in [-0.2, 0) is 9.59 Å². The van der Waals surface area contributed by atoms with E-state index in [4.69, 9.17) is 4.99 Å². The monoisotopic (exact) mass is 417 g/mol. The molecule has 28 heavy (non-hydrogen) atoms. The van der Waals surface area contributed by atoms with E-state index in [0.717, 1.165) is 29.4 Å². The molecule has 0 aliphatic carbocycles. The van der Waals surface area contributed by atoms with Gasteiger partial charge in [0.25, 0.3) is 5.91 Å². The van der Waals surface area contributed by atoms with Crippen molar-refractivity contribution in [3.8, 4) is 0 Å². The van der Waals surface area contributed by atoms with Crippen LogP contribution in [0.2, 0.25) is 0 Å². The summed E-state index contributed by atoms with van der Waals surface area (Å²) >= 11 is 3.39. The molecule has 1 aromatic carbocycles. The molecule has 3 saturated heterocycles. The molecule has 0 N–H and O–H groups in total. The summed E-state index contributed by atoms with van der Waals surface area (Å²) in [5, 5.41) is 0.773. The van der Waals surface area contributed by atoms with Crippen molar-refractivity contribution >= 4 is 46.2 Å². The molecule has 3 heterocycles. The Kier molecular flexibility index (Phi) is 5.49. The third-order valence-electron chi connectivity index (χ3n) is 5.76. The summed E-state index contributed by atoms with van der Waals surface area (Å²) < 4.78 is 0. The van der Waals surface area contributed by atoms with E-state index >= 15 is 0 Å². The number of amides is 2. The largest absolute Gasteiger partial charge is 0.315 e. The summed E-state index contributed by atoms with van der Waals surface area (Å²) in [6.45, 7) is 7.08. The summed E-state index contributed by atoms with van der Waals surface area (Å²) in [6.07, 6.45) is 2.33. The second-order valence-corrected chi connectivity index (χ2v) is 10.6. The number of aliphatic imine (C=N–C) groups is 1. The van der Waals surface area contributed by atoms with Gasteiger partial charge in [0.2, 0.25) is 5.91 Å². The Morgan fingerprint density at radius 1 is 1.32 bits per heavy atom. The Bertz CT molecular complexity index is 826. The minimum atomic E-state index is -0.366. The van der Waals surface area contributed by atoms with Gasteiger partial charge in [0.1, 0.15) is 6.04 Å². The zero-order valence-electron chi connectivity index (χ0n) is 16.7. The Morgan fingerprint density at radius 2 is 2.11 bits per heavy atom. The van der Waals surface area contributed by atoms with Crippen molar-refractivity contribution in [2.24, 2.45) is 4.99 Å². The van der Waals surface area contributed by atoms with E-state index in [2.05, 4.69) is 26.8 Å². The molecular formula is C21H27N3O2S2. The number of hydrogen-bond donors (Lipinski definition) is 0. The van der Waals surface area contributed by atoms with E-state index in [1.807, 2.05) is 28.0 Å². The lowest BCUT2D eigenvalue weighted by Gasteiger charge is -2.34. The van der Waals surface area contributed by atoms with Crippen LogP contribution in [0.1, 0.15) is 51.5 Å². The number of fused-ring (bicyclic) bond motifs is 1. The van der Waals surface area contributed by atoms with Crippen LogP contribution in [-0.4, -0.2) is 55.7 Å². The molecule has 4 rings (SSSR count). The van der Waals surface area contributed by atoms with Crippen molar-refractivity contribution in [1.29, 1.82) is 0 Å². The summed E-state index contributed by atoms with van der Waals surface area (Å²) in [5.74, 6) is 2.15. The van der Waals surface area contributed by atoms with E-state index in [0.29, 0.717) is 24.6 Å². The van der Waals surface area contributed by atoms with E-state index in [1.165, 1.54) is 5.56 Å². The van der Waals surface area contributed by atoms with Gasteiger partial charge in [0.15, 0.2) is 5.17 Å². The molecule has 2 amide bonds. The lowest BCUT2D eigenvalue weighted by Crippen LogP contribution is -2.53. The highest BCUT2D eigenvalue weighted by Crippen LogP contribution is 2.47. The van der Waals surface area contributed by atoms with Crippen molar-refractivity contribution in [3.63, 3.8) is 0 Å². The second-order valence-electron chi connectivity index (χ2n) is 8.07. The Hall–Kier alpha value is -1.47. The average Bonchev–Trinajstić information content (AvgIpc) is 3.18. The number of thioether (sulfide) groups is 2. The molecule has 0 unspecified atom stereocenters. The van der Waals surface area contributed by atoms with Crippen LogP contribution in [0.3, 0.4) is 0 Å². The Balaban J connectivity index is 1.63. The molecule has 7 heteroatoms. The summed E-state index contributed by atoms with van der Waals surface area (Å²) in [5.41, 5.74) is 2.12. The highest BCUT2D eigenvalue weighted by molar-refractivity contribution is 8.13. The van der Waals surface area contributed by atoms with Crippen molar-refractivity contribution in [2.75, 3.05) is 18.1 Å². The molecule has 0 bridgehead atoms. The molecule has 0 radical (unpaired) electrons. The molecule has 150 valence electrons. The number of rotatable bonds is 3. The zero-order chi connectivity index (χ0) is 19.9. The van der Waals surface area contributed by atoms with E-state index < -0.39 is 0 Å². The van der Waals surface area contributed by atoms with Crippen molar-refractivity contribution < 1.29 is 9.59 Å². The fraction of sp³-hybridized carbons (Fsp3) is 0.571. The van der Waals surface area contributed by atoms with Gasteiger partial charge in [-0.2, -0.15) is 0 Å². The van der Waals surface area contributed by atoms with Crippen LogP contribution in [0.25, 0.3) is 0 Å². The lowest BCUT2D eigenvalue weighted by atomic mass is 10.0. The van der Waals surface area contributed by atoms with Crippen LogP contribution in [0.5, 0.6) is 0 Å². The first kappa shape index (κ1) is 19.8. The number of carbonyl (C=O) groups is 2. The maximum Gasteiger partial charge on any atom is 0.252 e. The van der Waals surface area contributed by atoms with Gasteiger partial charge in [0, 0.05) is 24.5 Å². The number of hydrogen-bond acceptors (Lipinski definition) is 5. The molecule has 3 fully saturated rings. The minimum absolute atomic E-state index is 0.0273. The normalized spacial score (nSPS) is 29.1. The summed E-state index contributed by atoms with van der Waals surface area (Å²) in [4.78, 5) is 34.3. The van der Waals surface area contributed by atoms with Gasteiger partial charge in [-0.25, -0.2) is 4.99 Å². The quantitative estimate of drug-likeness (QED) is 0.739. The predicted molar refractivity (Wildman–Crippen MR) is 117 cm³/mol. The van der Waals surface area contributed by atoms with Gasteiger partial charge in [0.05, 0.1) is 10.6 Å². The van der Waals surface area contributed by atoms with Crippen LogP contribution in [0.15, 0.2) is 29.3 Å². The minimum Gasteiger partial charge on any atom is -0.315 e. The maximum atomic E-state index is 13.5. The van der Waals surface area contributed by atoms with Gasteiger partial charge < -0.3 is 4.90 Å². The first-order valence-electron chi connectivity index (χ1n) is 9.98. The summed E-state index contributed by atoms with van der Waals surface area (Å²) in [7, 11) is 0. The predicted octanol–water partition coefficient (Wildman–Crippen LogP) is 4.22. The SMILES string of the molecule is CC(C)c1ccccc1N=C1SCCCN1C(=O)[C@H]1CS[C@@]2(C)CCC(=O)N12. The molecule has 0 spiro atoms. The number of nitrogens with zero attached hydrogens (tertiary/aromatic N) is 3. The maximum absolute atomic E-state index is 13.5. The third kappa shape index (κ3) is 3.47. The first-order valence-corrected chi connectivity index (χ1v) is 12.0. The number of carbonyl (C=O) groups excluding carboxylic acids is 2. The number of para-hydroxylation sites is 1. The average molecular weight is 418 g/mol. The fourth-order valence-corrected chi connectivity index (χ4v) is 6.60. The molecule has 3 aliphatic heterocycles. The molecule has 2 atom stereocenters. The van der Waals surface area contributed by atoms with Crippen LogP contribution in [0, 0.1) is 0 Å². The zero-order valence-corrected chi connectivity index (χ0v) is 18.3. The molecule has 0 saturated carbocycles. The first-order chi connectivity index (χ1) is 13.4. The summed E-state index contributed by atoms with van der Waals surface area (Å²) in [6, 6.07) is 7.78. The third-order valence-corrected chi connectivity index (χ3v) is 8.33. The Labute approximate surface area is 175 Å². The van der Waals surface area contributed by atoms with Gasteiger partial charge in [-0.15, -0.1) is 11.8 Å². The van der Waals surface area contributed by atoms with E-state index in [9.17, 15) is 9.59 Å². The van der Waals surface area contributed by atoms with Crippen molar-refractivity contribution in [1.82, 2.24) is 9.80 Å². The van der Waals surface area contributed by atoms with E-state index in [-0.39, 0.29) is 22.7 Å². The van der Waals surface area contributed by atoms with Crippen molar-refractivity contribution in [2.45, 2.75) is 56.9 Å². The number of benzene rings is 1. The molecule has 5 nitrogen and oxygen atoms in total. The molecule has 0 aromatic heterocycles. The Morgan fingerprint density at radius 3 is 2.89 bits per heavy atom. The highest BCUT2D eigenvalue weighted by Gasteiger charge is 2.54. The van der Waals surface area contributed by atoms with Gasteiger partial charge in [-0.1, -0.05) is 43.8 Å². The number of amidine groups is 1. The molecule has 3 aliphatic rings. The van der Waals surface area contributed by atoms with E-state index in [1.54, 1.807) is 23.5 Å². The topological polar surface area (TPSA) is 53.0 Å². The van der Waals surface area contributed by atoms with Crippen LogP contribution >= 0.6 is 23.5 Å². The van der Waals surface area contributed by atoms with Crippen LogP contribution < -0.4 is 0 Å². The van der Waals surface area contributed by atoms with Crippen molar-refractivity contribution in [3.05, 3.63) is 29.8 Å². The van der Waals surface area contributed by atoms with Gasteiger partial charge in [-0.3, -0.25) is 14.5 Å². The van der Waals surface area contributed by atoms with Gasteiger partial charge >= 0.3 is 0 Å². The molecule has 1 aromatic rings. The van der Waals surface area contributed by atoms with Gasteiger partial charge in [-0.05, 0) is 37.3 Å². The fourth-order valence-electron chi connectivity index (χ4n) is 4.22. The van der Waals surface area contributed by atoms with Crippen LogP contribution in [0.4, 0.5) is 5.69 Å². The second kappa shape index (κ2) is 7.75. The lowest BCUT2D eigenvalue weighted by molar-refractivity contribution is -0.141. The standard InChI is InChI=1S/C21H27N3O2S2/c1-14(2)15-7-4-5-8-16(15)22-20-23(11-6-12-27-20)19(26)17-13-28-21(3)10-9-18(25)24(17)21/h4-5,7-8,14,17H,6,9-13H2,1-3H3/t17-,21+/m1/s1.